The van der Waals surface area contributed by atoms with Gasteiger partial charge in [-0.05, 0) is 37.6 Å². The summed E-state index contributed by atoms with van der Waals surface area (Å²) in [6.07, 6.45) is 4.30. The van der Waals surface area contributed by atoms with Crippen molar-refractivity contribution in [2.24, 2.45) is 0 Å². The van der Waals surface area contributed by atoms with Crippen molar-refractivity contribution in [3.63, 3.8) is 0 Å². The second-order valence-corrected chi connectivity index (χ2v) is 5.52. The van der Waals surface area contributed by atoms with Crippen LogP contribution in [0, 0.1) is 6.92 Å². The largest absolute Gasteiger partial charge is 0.469 e. The highest BCUT2D eigenvalue weighted by Gasteiger charge is 2.17. The Balaban J connectivity index is 2.02. The fourth-order valence-electron chi connectivity index (χ4n) is 2.36. The van der Waals surface area contributed by atoms with Crippen LogP contribution in [0.1, 0.15) is 29.4 Å². The van der Waals surface area contributed by atoms with E-state index in [9.17, 15) is 0 Å². The quantitative estimate of drug-likeness (QED) is 0.685. The number of aryl methyl sites for hydroxylation is 3. The predicted octanol–water partition coefficient (Wildman–Crippen LogP) is 3.88. The van der Waals surface area contributed by atoms with Gasteiger partial charge in [-0.15, -0.1) is 11.6 Å². The number of nitrogens with zero attached hydrogens (tertiary/aromatic N) is 3. The van der Waals surface area contributed by atoms with E-state index in [1.165, 1.54) is 0 Å². The van der Waals surface area contributed by atoms with E-state index in [0.29, 0.717) is 0 Å². The number of hydrogen-bond donors (Lipinski definition) is 0. The van der Waals surface area contributed by atoms with Crippen molar-refractivity contribution in [2.75, 3.05) is 0 Å². The molecule has 0 radical (unpaired) electrons. The van der Waals surface area contributed by atoms with Gasteiger partial charge >= 0.3 is 0 Å². The lowest BCUT2D eigenvalue weighted by Gasteiger charge is -2.08. The van der Waals surface area contributed by atoms with E-state index in [0.717, 1.165) is 41.3 Å². The lowest BCUT2D eigenvalue weighted by Crippen LogP contribution is -2.07. The predicted molar refractivity (Wildman–Crippen MR) is 78.9 cm³/mol. The Kier molecular flexibility index (Phi) is 3.49. The molecule has 4 nitrogen and oxygen atoms in total. The maximum atomic E-state index is 6.26. The molecule has 3 heterocycles. The molecule has 0 aromatic carbocycles. The van der Waals surface area contributed by atoms with E-state index >= 15 is 0 Å². The van der Waals surface area contributed by atoms with Crippen LogP contribution in [0.25, 0.3) is 11.2 Å². The Morgan fingerprint density at radius 2 is 2.25 bits per heavy atom. The topological polar surface area (TPSA) is 43.9 Å². The summed E-state index contributed by atoms with van der Waals surface area (Å²) in [5, 5.41) is -0.153. The highest BCUT2D eigenvalue weighted by molar-refractivity contribution is 6.20. The van der Waals surface area contributed by atoms with Crippen molar-refractivity contribution in [3.05, 3.63) is 47.8 Å². The maximum absolute atomic E-state index is 6.26. The number of hydrogen-bond acceptors (Lipinski definition) is 3. The van der Waals surface area contributed by atoms with Crippen LogP contribution in [0.2, 0.25) is 0 Å². The molecule has 0 aliphatic rings. The van der Waals surface area contributed by atoms with Crippen molar-refractivity contribution in [2.45, 2.75) is 32.2 Å². The summed E-state index contributed by atoms with van der Waals surface area (Å²) >= 11 is 6.26. The second-order valence-electron chi connectivity index (χ2n) is 4.87. The summed E-state index contributed by atoms with van der Waals surface area (Å²) in [7, 11) is 0. The fraction of sp³-hybridized carbons (Fsp3) is 0.333. The molecular weight excluding hydrogens is 274 g/mol. The van der Waals surface area contributed by atoms with Gasteiger partial charge in [-0.1, -0.05) is 0 Å². The van der Waals surface area contributed by atoms with Gasteiger partial charge < -0.3 is 8.98 Å². The monoisotopic (exact) mass is 289 g/mol. The van der Waals surface area contributed by atoms with Crippen molar-refractivity contribution in [1.29, 1.82) is 0 Å². The van der Waals surface area contributed by atoms with Crippen molar-refractivity contribution in [1.82, 2.24) is 14.5 Å². The average Bonchev–Trinajstić information content (AvgIpc) is 3.03. The van der Waals surface area contributed by atoms with Gasteiger partial charge in [0, 0.05) is 19.2 Å². The Hall–Kier alpha value is -1.81. The highest BCUT2D eigenvalue weighted by Crippen LogP contribution is 2.25. The molecule has 0 saturated carbocycles. The summed E-state index contributed by atoms with van der Waals surface area (Å²) in [6, 6.07) is 5.84. The Morgan fingerprint density at radius 3 is 2.95 bits per heavy atom. The highest BCUT2D eigenvalue weighted by atomic mass is 35.5. The summed E-state index contributed by atoms with van der Waals surface area (Å²) < 4.78 is 7.47. The molecule has 0 amide bonds. The van der Waals surface area contributed by atoms with Crippen LogP contribution >= 0.6 is 11.6 Å². The molecule has 0 aliphatic heterocycles. The van der Waals surface area contributed by atoms with Crippen LogP contribution in [0.5, 0.6) is 0 Å². The number of aromatic nitrogens is 3. The first-order valence-electron chi connectivity index (χ1n) is 6.65. The maximum Gasteiger partial charge on any atom is 0.160 e. The molecule has 1 atom stereocenters. The van der Waals surface area contributed by atoms with E-state index < -0.39 is 0 Å². The van der Waals surface area contributed by atoms with Crippen molar-refractivity contribution < 1.29 is 4.42 Å². The zero-order valence-electron chi connectivity index (χ0n) is 11.5. The lowest BCUT2D eigenvalue weighted by molar-refractivity contribution is 0.489. The van der Waals surface area contributed by atoms with Gasteiger partial charge in [0.15, 0.2) is 5.65 Å². The van der Waals surface area contributed by atoms with Gasteiger partial charge in [-0.2, -0.15) is 0 Å². The minimum Gasteiger partial charge on any atom is -0.469 e. The van der Waals surface area contributed by atoms with E-state index in [1.807, 2.05) is 38.2 Å². The summed E-state index contributed by atoms with van der Waals surface area (Å²) in [6.45, 7) is 4.73. The smallest absolute Gasteiger partial charge is 0.160 e. The normalized spacial score (nSPS) is 12.9. The first kappa shape index (κ1) is 13.2. The zero-order valence-corrected chi connectivity index (χ0v) is 12.3. The molecule has 104 valence electrons. The molecule has 0 N–H and O–H groups in total. The van der Waals surface area contributed by atoms with Gasteiger partial charge in [-0.3, -0.25) is 0 Å². The minimum absolute atomic E-state index is 0.153. The van der Waals surface area contributed by atoms with Crippen LogP contribution < -0.4 is 0 Å². The second kappa shape index (κ2) is 5.29. The van der Waals surface area contributed by atoms with Gasteiger partial charge in [0.25, 0.3) is 0 Å². The van der Waals surface area contributed by atoms with Crippen LogP contribution in [-0.4, -0.2) is 14.5 Å². The van der Waals surface area contributed by atoms with Crippen LogP contribution in [0.3, 0.4) is 0 Å². The van der Waals surface area contributed by atoms with Crippen LogP contribution in [0.15, 0.2) is 35.1 Å². The molecule has 1 unspecified atom stereocenters. The number of furan rings is 1. The first-order chi connectivity index (χ1) is 9.66. The van der Waals surface area contributed by atoms with Gasteiger partial charge in [0.05, 0.1) is 11.6 Å². The summed E-state index contributed by atoms with van der Waals surface area (Å²) in [4.78, 5) is 9.11. The Bertz CT molecular complexity index is 716. The van der Waals surface area contributed by atoms with E-state index in [1.54, 1.807) is 6.26 Å². The molecule has 0 fully saturated rings. The molecule has 20 heavy (non-hydrogen) atoms. The number of imidazole rings is 1. The van der Waals surface area contributed by atoms with Crippen molar-refractivity contribution in [3.8, 4) is 0 Å². The molecular formula is C15H16ClN3O. The molecule has 5 heteroatoms. The number of halogens is 1. The third-order valence-corrected chi connectivity index (χ3v) is 3.58. The third kappa shape index (κ3) is 2.31. The number of pyridine rings is 1. The molecule has 0 saturated heterocycles. The molecule has 0 spiro atoms. The van der Waals surface area contributed by atoms with Crippen LogP contribution in [0.4, 0.5) is 0 Å². The van der Waals surface area contributed by atoms with E-state index in [4.69, 9.17) is 16.0 Å². The standard InChI is InChI=1S/C15H16ClN3O/c1-10-5-7-17-15-13(10)18-14(11(2)16)19(15)8-6-12-4-3-9-20-12/h3-5,7,9,11H,6,8H2,1-2H3. The SMILES string of the molecule is Cc1ccnc2c1nc(C(C)Cl)n2CCc1ccco1. The molecule has 0 aliphatic carbocycles. The third-order valence-electron chi connectivity index (χ3n) is 3.38. The molecule has 3 aromatic rings. The number of fused-ring (bicyclic) bond motifs is 1. The van der Waals surface area contributed by atoms with Crippen molar-refractivity contribution >= 4 is 22.8 Å². The molecule has 3 rings (SSSR count). The fourth-order valence-corrected chi connectivity index (χ4v) is 2.52. The first-order valence-corrected chi connectivity index (χ1v) is 7.08. The number of rotatable bonds is 4. The minimum atomic E-state index is -0.153. The Labute approximate surface area is 122 Å². The van der Waals surface area contributed by atoms with Gasteiger partial charge in [0.1, 0.15) is 17.1 Å². The van der Waals surface area contributed by atoms with E-state index in [-0.39, 0.29) is 5.38 Å². The average molecular weight is 290 g/mol. The lowest BCUT2D eigenvalue weighted by atomic mass is 10.3. The summed E-state index contributed by atoms with van der Waals surface area (Å²) in [5.41, 5.74) is 2.93. The van der Waals surface area contributed by atoms with Gasteiger partial charge in [-0.25, -0.2) is 9.97 Å². The van der Waals surface area contributed by atoms with E-state index in [2.05, 4.69) is 14.5 Å². The molecule has 3 aromatic heterocycles. The Morgan fingerprint density at radius 1 is 1.40 bits per heavy atom. The number of alkyl halides is 1. The molecule has 0 bridgehead atoms. The van der Waals surface area contributed by atoms with Gasteiger partial charge in [0.2, 0.25) is 0 Å². The van der Waals surface area contributed by atoms with Crippen LogP contribution in [-0.2, 0) is 13.0 Å². The summed E-state index contributed by atoms with van der Waals surface area (Å²) in [5.74, 6) is 1.81. The zero-order chi connectivity index (χ0) is 14.1.